The molecule has 0 bridgehead atoms. The van der Waals surface area contributed by atoms with Gasteiger partial charge in [0.25, 0.3) is 5.91 Å². The lowest BCUT2D eigenvalue weighted by atomic mass is 10.0. The van der Waals surface area contributed by atoms with Gasteiger partial charge in [0.05, 0.1) is 0 Å². The number of benzene rings is 1. The molecule has 1 unspecified atom stereocenters. The molecule has 2 atom stereocenters. The second-order valence-electron chi connectivity index (χ2n) is 9.40. The van der Waals surface area contributed by atoms with Crippen molar-refractivity contribution in [3.8, 4) is 5.75 Å². The van der Waals surface area contributed by atoms with E-state index in [1.54, 1.807) is 16.5 Å². The lowest BCUT2D eigenvalue weighted by Gasteiger charge is -2.35. The summed E-state index contributed by atoms with van der Waals surface area (Å²) in [5.41, 5.74) is 3.07. The van der Waals surface area contributed by atoms with Gasteiger partial charge >= 0.3 is 0 Å². The van der Waals surface area contributed by atoms with E-state index in [9.17, 15) is 14.4 Å². The number of fused-ring (bicyclic) bond motifs is 1. The van der Waals surface area contributed by atoms with Gasteiger partial charge in [-0.1, -0.05) is 18.1 Å². The first-order valence-corrected chi connectivity index (χ1v) is 11.9. The van der Waals surface area contributed by atoms with Crippen molar-refractivity contribution >= 4 is 17.7 Å². The molecule has 3 heterocycles. The van der Waals surface area contributed by atoms with Crippen molar-refractivity contribution in [2.75, 3.05) is 19.7 Å². The quantitative estimate of drug-likeness (QED) is 0.547. The first-order valence-electron chi connectivity index (χ1n) is 11.9. The molecule has 4 aliphatic rings. The monoisotopic (exact) mass is 437 g/mol. The van der Waals surface area contributed by atoms with Crippen LogP contribution in [0.1, 0.15) is 67.3 Å². The third-order valence-electron chi connectivity index (χ3n) is 7.23. The van der Waals surface area contributed by atoms with E-state index in [0.717, 1.165) is 30.8 Å². The highest BCUT2D eigenvalue weighted by atomic mass is 16.5. The largest absolute Gasteiger partial charge is 0.492 e. The molecule has 7 nitrogen and oxygen atoms in total. The first-order chi connectivity index (χ1) is 15.6. The molecule has 2 saturated heterocycles. The fraction of sp³-hybridized carbons (Fsp3) is 0.560. The average molecular weight is 438 g/mol. The molecule has 2 fully saturated rings. The van der Waals surface area contributed by atoms with Crippen molar-refractivity contribution < 1.29 is 19.1 Å². The zero-order chi connectivity index (χ0) is 22.1. The van der Waals surface area contributed by atoms with Gasteiger partial charge in [0, 0.05) is 31.1 Å². The second-order valence-corrected chi connectivity index (χ2v) is 9.40. The van der Waals surface area contributed by atoms with Gasteiger partial charge in [0.1, 0.15) is 18.4 Å². The Kier molecular flexibility index (Phi) is 6.00. The molecule has 0 spiro atoms. The molecule has 1 aromatic carbocycles. The van der Waals surface area contributed by atoms with Crippen molar-refractivity contribution in [3.05, 3.63) is 41.0 Å². The lowest BCUT2D eigenvalue weighted by Crippen LogP contribution is -2.52. The number of nitrogens with zero attached hydrogens (tertiary/aromatic N) is 2. The molecule has 1 aliphatic carbocycles. The number of hydrogen-bond acceptors (Lipinski definition) is 5. The van der Waals surface area contributed by atoms with E-state index in [-0.39, 0.29) is 24.1 Å². The van der Waals surface area contributed by atoms with E-state index in [4.69, 9.17) is 4.74 Å². The predicted molar refractivity (Wildman–Crippen MR) is 119 cm³/mol. The van der Waals surface area contributed by atoms with Crippen LogP contribution in [0.15, 0.2) is 29.8 Å². The van der Waals surface area contributed by atoms with E-state index in [0.29, 0.717) is 31.2 Å². The predicted octanol–water partition coefficient (Wildman–Crippen LogP) is 2.79. The normalized spacial score (nSPS) is 26.2. The number of allylic oxidation sites excluding steroid dienone is 1. The van der Waals surface area contributed by atoms with Crippen molar-refractivity contribution in [3.63, 3.8) is 0 Å². The van der Waals surface area contributed by atoms with Gasteiger partial charge in [0.2, 0.25) is 11.8 Å². The van der Waals surface area contributed by atoms with Crippen molar-refractivity contribution in [2.45, 2.75) is 70.0 Å². The molecule has 3 amide bonds. The summed E-state index contributed by atoms with van der Waals surface area (Å²) in [6.45, 7) is 3.22. The summed E-state index contributed by atoms with van der Waals surface area (Å²) in [6.07, 6.45) is 10.4. The van der Waals surface area contributed by atoms with Crippen LogP contribution >= 0.6 is 0 Å². The molecule has 32 heavy (non-hydrogen) atoms. The number of imide groups is 1. The highest BCUT2D eigenvalue weighted by Gasteiger charge is 2.39. The third kappa shape index (κ3) is 4.31. The van der Waals surface area contributed by atoms with Gasteiger partial charge in [-0.25, -0.2) is 0 Å². The minimum atomic E-state index is -0.586. The number of rotatable bonds is 6. The second kappa shape index (κ2) is 9.06. The summed E-state index contributed by atoms with van der Waals surface area (Å²) in [7, 11) is 0. The summed E-state index contributed by atoms with van der Waals surface area (Å²) >= 11 is 0. The Labute approximate surface area is 188 Å². The van der Waals surface area contributed by atoms with Crippen LogP contribution in [0.5, 0.6) is 5.75 Å². The Morgan fingerprint density at radius 1 is 1.06 bits per heavy atom. The van der Waals surface area contributed by atoms with Crippen LogP contribution in [0.25, 0.3) is 0 Å². The fourth-order valence-electron chi connectivity index (χ4n) is 5.43. The molecule has 5 rings (SSSR count). The molecule has 1 aromatic rings. The number of carbonyl (C=O) groups excluding carboxylic acids is 3. The summed E-state index contributed by atoms with van der Waals surface area (Å²) in [4.78, 5) is 40.7. The van der Waals surface area contributed by atoms with Crippen LogP contribution in [-0.4, -0.2) is 59.3 Å². The molecule has 0 aromatic heterocycles. The zero-order valence-electron chi connectivity index (χ0n) is 18.5. The number of nitrogens with one attached hydrogen (secondary N) is 1. The molecule has 7 heteroatoms. The summed E-state index contributed by atoms with van der Waals surface area (Å²) in [5.74, 6) is -0.0302. The topological polar surface area (TPSA) is 79.0 Å². The summed E-state index contributed by atoms with van der Waals surface area (Å²) < 4.78 is 6.20. The lowest BCUT2D eigenvalue weighted by molar-refractivity contribution is -0.136. The van der Waals surface area contributed by atoms with Crippen LogP contribution in [0.4, 0.5) is 0 Å². The maximum absolute atomic E-state index is 12.9. The first kappa shape index (κ1) is 21.2. The van der Waals surface area contributed by atoms with Crippen LogP contribution in [-0.2, 0) is 16.1 Å². The molecule has 1 N–H and O–H groups in total. The number of piperidine rings is 2. The van der Waals surface area contributed by atoms with Crippen molar-refractivity contribution in [2.24, 2.45) is 0 Å². The fourth-order valence-corrected chi connectivity index (χ4v) is 5.43. The third-order valence-corrected chi connectivity index (χ3v) is 7.23. The molecule has 3 aliphatic heterocycles. The van der Waals surface area contributed by atoms with Gasteiger partial charge in [-0.15, -0.1) is 0 Å². The van der Waals surface area contributed by atoms with Gasteiger partial charge < -0.3 is 9.64 Å². The van der Waals surface area contributed by atoms with Gasteiger partial charge in [-0.2, -0.15) is 0 Å². The van der Waals surface area contributed by atoms with E-state index < -0.39 is 6.04 Å². The van der Waals surface area contributed by atoms with Gasteiger partial charge in [0.15, 0.2) is 0 Å². The maximum Gasteiger partial charge on any atom is 0.255 e. The Bertz CT molecular complexity index is 957. The average Bonchev–Trinajstić information content (AvgIpc) is 3.41. The Morgan fingerprint density at radius 3 is 2.78 bits per heavy atom. The highest BCUT2D eigenvalue weighted by molar-refractivity contribution is 6.05. The minimum absolute atomic E-state index is 0.149. The van der Waals surface area contributed by atoms with Crippen LogP contribution < -0.4 is 10.1 Å². The standard InChI is InChI=1S/C25H31N3O4/c29-23-11-10-22(24(30)26-23)28-15-18-13-20(8-9-21(18)25(28)31)32-16-19-7-3-4-12-27(19)14-17-5-1-2-6-17/h5,8-9,13,19,22H,1-4,6-7,10-12,14-16H2,(H,26,29,30)/t19-,22?/m0/s1. The molecular formula is C25H31N3O4. The van der Waals surface area contributed by atoms with Crippen LogP contribution in [0.2, 0.25) is 0 Å². The number of amides is 3. The van der Waals surface area contributed by atoms with Gasteiger partial charge in [-0.05, 0) is 68.8 Å². The number of ether oxygens (including phenoxy) is 1. The van der Waals surface area contributed by atoms with E-state index in [2.05, 4.69) is 16.3 Å². The number of carbonyl (C=O) groups is 3. The number of hydrogen-bond donors (Lipinski definition) is 1. The van der Waals surface area contributed by atoms with Crippen LogP contribution in [0, 0.1) is 0 Å². The highest BCUT2D eigenvalue weighted by Crippen LogP contribution is 2.31. The Balaban J connectivity index is 1.22. The van der Waals surface area contributed by atoms with E-state index in [1.807, 2.05) is 12.1 Å². The number of likely N-dealkylation sites (tertiary alicyclic amines) is 1. The SMILES string of the molecule is O=C1CCC(N2Cc3cc(OC[C@@H]4CCCCN4CC4=CCCC4)ccc3C2=O)C(=O)N1. The molecule has 0 saturated carbocycles. The Hall–Kier alpha value is -2.67. The summed E-state index contributed by atoms with van der Waals surface area (Å²) in [6, 6.07) is 5.43. The smallest absolute Gasteiger partial charge is 0.255 e. The maximum atomic E-state index is 12.9. The van der Waals surface area contributed by atoms with E-state index in [1.165, 1.54) is 32.1 Å². The van der Waals surface area contributed by atoms with Crippen LogP contribution in [0.3, 0.4) is 0 Å². The minimum Gasteiger partial charge on any atom is -0.492 e. The van der Waals surface area contributed by atoms with Crippen molar-refractivity contribution in [1.29, 1.82) is 0 Å². The van der Waals surface area contributed by atoms with Crippen molar-refractivity contribution in [1.82, 2.24) is 15.1 Å². The zero-order valence-corrected chi connectivity index (χ0v) is 18.5. The molecular weight excluding hydrogens is 406 g/mol. The summed E-state index contributed by atoms with van der Waals surface area (Å²) in [5, 5.41) is 2.35. The Morgan fingerprint density at radius 2 is 1.97 bits per heavy atom. The molecule has 170 valence electrons. The van der Waals surface area contributed by atoms with Gasteiger partial charge in [-0.3, -0.25) is 24.6 Å². The van der Waals surface area contributed by atoms with E-state index >= 15 is 0 Å². The molecule has 0 radical (unpaired) electrons.